The highest BCUT2D eigenvalue weighted by atomic mass is 16.1. The van der Waals surface area contributed by atoms with E-state index in [2.05, 4.69) is 0 Å². The summed E-state index contributed by atoms with van der Waals surface area (Å²) in [7, 11) is 0. The van der Waals surface area contributed by atoms with Gasteiger partial charge in [0, 0.05) is 6.07 Å². The van der Waals surface area contributed by atoms with Crippen molar-refractivity contribution in [1.82, 2.24) is 9.47 Å². The molecule has 0 aliphatic rings. The third-order valence-electron chi connectivity index (χ3n) is 1.96. The molecule has 0 fully saturated rings. The molecule has 4 N–H and O–H groups in total. The second kappa shape index (κ2) is 2.95. The van der Waals surface area contributed by atoms with Crippen LogP contribution in [0.25, 0.3) is 5.69 Å². The number of nitrogens with zero attached hydrogens (tertiary/aromatic N) is 2. The van der Waals surface area contributed by atoms with Gasteiger partial charge >= 0.3 is 0 Å². The van der Waals surface area contributed by atoms with E-state index >= 15 is 0 Å². The minimum atomic E-state index is -0.240. The Balaban J connectivity index is 2.69. The predicted molar refractivity (Wildman–Crippen MR) is 54.6 cm³/mol. The molecule has 0 atom stereocenters. The van der Waals surface area contributed by atoms with E-state index in [9.17, 15) is 4.79 Å². The molecule has 5 nitrogen and oxygen atoms in total. The number of para-hydroxylation sites is 1. The summed E-state index contributed by atoms with van der Waals surface area (Å²) < 4.78 is 1.30. The molecule has 0 saturated carbocycles. The van der Waals surface area contributed by atoms with E-state index in [1.165, 1.54) is 10.7 Å². The van der Waals surface area contributed by atoms with Crippen LogP contribution in [-0.4, -0.2) is 9.47 Å². The largest absolute Gasteiger partial charge is 0.382 e. The van der Waals surface area contributed by atoms with Gasteiger partial charge < -0.3 is 11.6 Å². The Morgan fingerprint density at radius 1 is 1.14 bits per heavy atom. The highest BCUT2D eigenvalue weighted by Crippen LogP contribution is 2.05. The molecule has 2 rings (SSSR count). The number of hydrogen-bond donors (Lipinski definition) is 2. The Morgan fingerprint density at radius 2 is 1.79 bits per heavy atom. The van der Waals surface area contributed by atoms with Gasteiger partial charge in [-0.3, -0.25) is 4.79 Å². The van der Waals surface area contributed by atoms with Crippen molar-refractivity contribution < 1.29 is 0 Å². The second-order valence-electron chi connectivity index (χ2n) is 2.90. The first-order valence-corrected chi connectivity index (χ1v) is 4.11. The van der Waals surface area contributed by atoms with E-state index in [1.54, 1.807) is 12.1 Å². The van der Waals surface area contributed by atoms with Crippen LogP contribution in [0.5, 0.6) is 0 Å². The van der Waals surface area contributed by atoms with E-state index in [-0.39, 0.29) is 11.4 Å². The standard InChI is InChI=1S/C9H10N4O/c10-8-6-9(14)12(13(8)11)7-4-2-1-3-5-7/h1-6H,10-11H2. The molecule has 5 heteroatoms. The number of nitrogen functional groups attached to an aromatic ring is 2. The van der Waals surface area contributed by atoms with Crippen molar-refractivity contribution in [3.05, 3.63) is 46.8 Å². The normalized spacial score (nSPS) is 10.3. The van der Waals surface area contributed by atoms with Crippen LogP contribution in [0.15, 0.2) is 41.2 Å². The van der Waals surface area contributed by atoms with Gasteiger partial charge in [-0.05, 0) is 12.1 Å². The van der Waals surface area contributed by atoms with Crippen LogP contribution < -0.4 is 17.1 Å². The van der Waals surface area contributed by atoms with Crippen molar-refractivity contribution in [2.24, 2.45) is 0 Å². The molecule has 0 aliphatic carbocycles. The molecule has 0 amide bonds. The Kier molecular flexibility index (Phi) is 1.78. The number of aromatic nitrogens is 2. The van der Waals surface area contributed by atoms with Gasteiger partial charge in [0.25, 0.3) is 5.56 Å². The van der Waals surface area contributed by atoms with Crippen LogP contribution in [0.4, 0.5) is 5.82 Å². The summed E-state index contributed by atoms with van der Waals surface area (Å²) in [6.45, 7) is 0. The Labute approximate surface area is 80.1 Å². The van der Waals surface area contributed by atoms with E-state index < -0.39 is 0 Å². The Bertz CT molecular complexity index is 497. The molecule has 2 aromatic rings. The lowest BCUT2D eigenvalue weighted by molar-refractivity contribution is 0.697. The minimum Gasteiger partial charge on any atom is -0.382 e. The Morgan fingerprint density at radius 3 is 2.29 bits per heavy atom. The molecule has 72 valence electrons. The minimum absolute atomic E-state index is 0.235. The lowest BCUT2D eigenvalue weighted by atomic mass is 10.3. The zero-order valence-electron chi connectivity index (χ0n) is 7.42. The highest BCUT2D eigenvalue weighted by molar-refractivity contribution is 5.36. The summed E-state index contributed by atoms with van der Waals surface area (Å²) >= 11 is 0. The SMILES string of the molecule is Nc1cc(=O)n(-c2ccccc2)n1N. The summed E-state index contributed by atoms with van der Waals surface area (Å²) in [6, 6.07) is 10.4. The predicted octanol–water partition coefficient (Wildman–Crippen LogP) is -0.0650. The number of nitrogens with two attached hydrogens (primary N) is 2. The Hall–Kier alpha value is -2.17. The fourth-order valence-corrected chi connectivity index (χ4v) is 1.30. The smallest absolute Gasteiger partial charge is 0.275 e. The first-order valence-electron chi connectivity index (χ1n) is 4.11. The summed E-state index contributed by atoms with van der Waals surface area (Å²) in [5, 5.41) is 0. The van der Waals surface area contributed by atoms with Crippen molar-refractivity contribution in [2.75, 3.05) is 11.6 Å². The van der Waals surface area contributed by atoms with Crippen molar-refractivity contribution in [3.63, 3.8) is 0 Å². The summed E-state index contributed by atoms with van der Waals surface area (Å²) in [4.78, 5) is 12.6. The maximum atomic E-state index is 11.4. The molecular weight excluding hydrogens is 180 g/mol. The van der Waals surface area contributed by atoms with Crippen LogP contribution >= 0.6 is 0 Å². The first kappa shape index (κ1) is 8.43. The maximum Gasteiger partial charge on any atom is 0.275 e. The molecule has 0 unspecified atom stereocenters. The van der Waals surface area contributed by atoms with Gasteiger partial charge in [-0.15, -0.1) is 0 Å². The quantitative estimate of drug-likeness (QED) is 0.618. The number of benzene rings is 1. The van der Waals surface area contributed by atoms with E-state index in [1.807, 2.05) is 18.2 Å². The third-order valence-corrected chi connectivity index (χ3v) is 1.96. The molecule has 1 heterocycles. The van der Waals surface area contributed by atoms with Crippen LogP contribution in [0.2, 0.25) is 0 Å². The molecule has 0 spiro atoms. The van der Waals surface area contributed by atoms with Gasteiger partial charge in [-0.25, -0.2) is 0 Å². The first-order chi connectivity index (χ1) is 6.70. The van der Waals surface area contributed by atoms with Gasteiger partial charge in [0.2, 0.25) is 0 Å². The average Bonchev–Trinajstić information content (AvgIpc) is 2.43. The fraction of sp³-hybridized carbons (Fsp3) is 0. The van der Waals surface area contributed by atoms with Crippen LogP contribution in [0, 0.1) is 0 Å². The van der Waals surface area contributed by atoms with Crippen molar-refractivity contribution in [1.29, 1.82) is 0 Å². The van der Waals surface area contributed by atoms with Crippen LogP contribution in [-0.2, 0) is 0 Å². The molecule has 14 heavy (non-hydrogen) atoms. The maximum absolute atomic E-state index is 11.4. The highest BCUT2D eigenvalue weighted by Gasteiger charge is 2.06. The van der Waals surface area contributed by atoms with E-state index in [0.29, 0.717) is 5.69 Å². The van der Waals surface area contributed by atoms with Gasteiger partial charge in [-0.2, -0.15) is 9.47 Å². The van der Waals surface area contributed by atoms with Gasteiger partial charge in [0.15, 0.2) is 0 Å². The van der Waals surface area contributed by atoms with Crippen molar-refractivity contribution >= 4 is 5.82 Å². The van der Waals surface area contributed by atoms with Crippen molar-refractivity contribution in [3.8, 4) is 5.69 Å². The lowest BCUT2D eigenvalue weighted by Gasteiger charge is -2.06. The summed E-state index contributed by atoms with van der Waals surface area (Å²) in [6.07, 6.45) is 0. The number of anilines is 1. The van der Waals surface area contributed by atoms with Crippen LogP contribution in [0.1, 0.15) is 0 Å². The molecular formula is C9H10N4O. The fourth-order valence-electron chi connectivity index (χ4n) is 1.30. The third kappa shape index (κ3) is 1.15. The topological polar surface area (TPSA) is 79.0 Å². The monoisotopic (exact) mass is 190 g/mol. The summed E-state index contributed by atoms with van der Waals surface area (Å²) in [5.41, 5.74) is 5.95. The van der Waals surface area contributed by atoms with Gasteiger partial charge in [0.1, 0.15) is 5.82 Å². The van der Waals surface area contributed by atoms with Crippen molar-refractivity contribution in [2.45, 2.75) is 0 Å². The second-order valence-corrected chi connectivity index (χ2v) is 2.90. The lowest BCUT2D eigenvalue weighted by Crippen LogP contribution is -2.26. The van der Waals surface area contributed by atoms with Crippen LogP contribution in [0.3, 0.4) is 0 Å². The van der Waals surface area contributed by atoms with E-state index in [4.69, 9.17) is 11.6 Å². The number of hydrogen-bond acceptors (Lipinski definition) is 3. The number of rotatable bonds is 1. The average molecular weight is 190 g/mol. The molecule has 1 aromatic carbocycles. The van der Waals surface area contributed by atoms with Gasteiger partial charge in [-0.1, -0.05) is 18.2 Å². The zero-order valence-corrected chi connectivity index (χ0v) is 7.42. The molecule has 1 aromatic heterocycles. The molecule has 0 aliphatic heterocycles. The van der Waals surface area contributed by atoms with Gasteiger partial charge in [0.05, 0.1) is 5.69 Å². The molecule has 0 bridgehead atoms. The molecule has 0 saturated heterocycles. The van der Waals surface area contributed by atoms with E-state index in [0.717, 1.165) is 4.79 Å². The summed E-state index contributed by atoms with van der Waals surface area (Å²) in [5.74, 6) is 5.83. The zero-order chi connectivity index (χ0) is 10.1. The molecule has 0 radical (unpaired) electrons.